The van der Waals surface area contributed by atoms with Gasteiger partial charge in [0, 0.05) is 32.7 Å². The zero-order valence-corrected chi connectivity index (χ0v) is 18.2. The van der Waals surface area contributed by atoms with Crippen LogP contribution in [0.4, 0.5) is 0 Å². The van der Waals surface area contributed by atoms with Crippen LogP contribution in [0.2, 0.25) is 15.1 Å². The van der Waals surface area contributed by atoms with Crippen molar-refractivity contribution in [1.29, 1.82) is 0 Å². The van der Waals surface area contributed by atoms with E-state index in [4.69, 9.17) is 34.8 Å². The summed E-state index contributed by atoms with van der Waals surface area (Å²) in [4.78, 5) is 15.1. The first-order valence-electron chi connectivity index (χ1n) is 9.61. The highest BCUT2D eigenvalue weighted by Gasteiger charge is 2.42. The van der Waals surface area contributed by atoms with Gasteiger partial charge in [0.05, 0.1) is 11.7 Å². The summed E-state index contributed by atoms with van der Waals surface area (Å²) in [6, 6.07) is 12.5. The number of amides is 1. The monoisotopic (exact) mass is 447 g/mol. The number of nitrogens with one attached hydrogen (secondary N) is 1. The van der Waals surface area contributed by atoms with E-state index in [2.05, 4.69) is 17.1 Å². The smallest absolute Gasteiger partial charge is 0.273 e. The minimum Gasteiger partial charge on any atom is -0.326 e. The first-order chi connectivity index (χ1) is 14.0. The SMILES string of the molecule is CCCCCN1C(=O)c2[nH]nc(-c3ccc(Cl)cc3)c2C1c1ccc(Cl)cc1Cl. The maximum absolute atomic E-state index is 13.2. The molecule has 0 spiro atoms. The molecular formula is C22H20Cl3N3O. The van der Waals surface area contributed by atoms with Gasteiger partial charge in [-0.15, -0.1) is 0 Å². The molecule has 2 aromatic carbocycles. The van der Waals surface area contributed by atoms with Crippen LogP contribution in [0.5, 0.6) is 0 Å². The molecule has 1 amide bonds. The molecule has 3 aromatic rings. The summed E-state index contributed by atoms with van der Waals surface area (Å²) >= 11 is 18.7. The van der Waals surface area contributed by atoms with Crippen molar-refractivity contribution < 1.29 is 4.79 Å². The molecule has 1 aliphatic heterocycles. The minimum absolute atomic E-state index is 0.0557. The molecule has 1 unspecified atom stereocenters. The number of unbranched alkanes of at least 4 members (excludes halogenated alkanes) is 2. The molecule has 0 radical (unpaired) electrons. The van der Waals surface area contributed by atoms with Crippen LogP contribution >= 0.6 is 34.8 Å². The lowest BCUT2D eigenvalue weighted by Gasteiger charge is -2.27. The second-order valence-electron chi connectivity index (χ2n) is 7.14. The van der Waals surface area contributed by atoms with Crippen molar-refractivity contribution in [2.45, 2.75) is 32.2 Å². The van der Waals surface area contributed by atoms with Crippen molar-refractivity contribution in [3.05, 3.63) is 74.4 Å². The molecule has 7 heteroatoms. The second-order valence-corrected chi connectivity index (χ2v) is 8.42. The Kier molecular flexibility index (Phi) is 5.86. The number of hydrogen-bond acceptors (Lipinski definition) is 2. The quantitative estimate of drug-likeness (QED) is 0.423. The highest BCUT2D eigenvalue weighted by Crippen LogP contribution is 2.45. The summed E-state index contributed by atoms with van der Waals surface area (Å²) in [6.45, 7) is 2.79. The Hall–Kier alpha value is -2.01. The Labute approximate surface area is 184 Å². The van der Waals surface area contributed by atoms with Gasteiger partial charge in [0.25, 0.3) is 5.91 Å². The van der Waals surface area contributed by atoms with Crippen molar-refractivity contribution >= 4 is 40.7 Å². The topological polar surface area (TPSA) is 49.0 Å². The lowest BCUT2D eigenvalue weighted by atomic mass is 9.96. The molecule has 1 aliphatic rings. The molecule has 0 saturated carbocycles. The Bertz CT molecular complexity index is 1050. The number of rotatable bonds is 6. The summed E-state index contributed by atoms with van der Waals surface area (Å²) in [6.07, 6.45) is 3.07. The van der Waals surface area contributed by atoms with Gasteiger partial charge in [-0.05, 0) is 36.2 Å². The second kappa shape index (κ2) is 8.39. The first kappa shape index (κ1) is 20.3. The highest BCUT2D eigenvalue weighted by molar-refractivity contribution is 6.35. The molecule has 1 atom stereocenters. The number of carbonyl (C=O) groups excluding carboxylic acids is 1. The third-order valence-corrected chi connectivity index (χ3v) is 6.06. The Morgan fingerprint density at radius 1 is 1.03 bits per heavy atom. The summed E-state index contributed by atoms with van der Waals surface area (Å²) < 4.78 is 0. The van der Waals surface area contributed by atoms with Crippen LogP contribution in [-0.4, -0.2) is 27.5 Å². The van der Waals surface area contributed by atoms with Crippen molar-refractivity contribution in [2.24, 2.45) is 0 Å². The summed E-state index contributed by atoms with van der Waals surface area (Å²) in [5, 5.41) is 9.16. The van der Waals surface area contributed by atoms with Crippen LogP contribution in [0.15, 0.2) is 42.5 Å². The van der Waals surface area contributed by atoms with E-state index >= 15 is 0 Å². The molecule has 4 nitrogen and oxygen atoms in total. The molecule has 0 bridgehead atoms. The maximum Gasteiger partial charge on any atom is 0.273 e. The third kappa shape index (κ3) is 3.77. The lowest BCUT2D eigenvalue weighted by Crippen LogP contribution is -2.30. The Morgan fingerprint density at radius 3 is 2.45 bits per heavy atom. The molecular weight excluding hydrogens is 429 g/mol. The van der Waals surface area contributed by atoms with Crippen LogP contribution in [0, 0.1) is 0 Å². The molecule has 0 aliphatic carbocycles. The van der Waals surface area contributed by atoms with Crippen LogP contribution < -0.4 is 0 Å². The van der Waals surface area contributed by atoms with Gasteiger partial charge in [0.15, 0.2) is 0 Å². The van der Waals surface area contributed by atoms with Gasteiger partial charge in [-0.25, -0.2) is 0 Å². The zero-order valence-electron chi connectivity index (χ0n) is 15.9. The van der Waals surface area contributed by atoms with E-state index in [1.807, 2.05) is 35.2 Å². The largest absolute Gasteiger partial charge is 0.326 e. The van der Waals surface area contributed by atoms with Gasteiger partial charge < -0.3 is 4.90 Å². The van der Waals surface area contributed by atoms with E-state index in [-0.39, 0.29) is 11.9 Å². The predicted molar refractivity (Wildman–Crippen MR) is 118 cm³/mol. The molecule has 0 fully saturated rings. The third-order valence-electron chi connectivity index (χ3n) is 5.24. The van der Waals surface area contributed by atoms with Crippen LogP contribution in [-0.2, 0) is 0 Å². The number of benzene rings is 2. The molecule has 0 saturated heterocycles. The number of nitrogens with zero attached hydrogens (tertiary/aromatic N) is 2. The Balaban J connectivity index is 1.84. The average molecular weight is 449 g/mol. The van der Waals surface area contributed by atoms with Gasteiger partial charge in [-0.3, -0.25) is 9.89 Å². The van der Waals surface area contributed by atoms with E-state index in [1.165, 1.54) is 0 Å². The molecule has 2 heterocycles. The summed E-state index contributed by atoms with van der Waals surface area (Å²) in [5.74, 6) is -0.0557. The van der Waals surface area contributed by atoms with E-state index in [1.54, 1.807) is 12.1 Å². The fraction of sp³-hybridized carbons (Fsp3) is 0.273. The normalized spacial score (nSPS) is 15.8. The van der Waals surface area contributed by atoms with E-state index in [0.29, 0.717) is 27.3 Å². The van der Waals surface area contributed by atoms with E-state index in [0.717, 1.165) is 41.6 Å². The van der Waals surface area contributed by atoms with Crippen molar-refractivity contribution in [1.82, 2.24) is 15.1 Å². The lowest BCUT2D eigenvalue weighted by molar-refractivity contribution is 0.0740. The molecule has 1 aromatic heterocycles. The minimum atomic E-state index is -0.316. The number of fused-ring (bicyclic) bond motifs is 1. The first-order valence-corrected chi connectivity index (χ1v) is 10.7. The average Bonchev–Trinajstić information content (AvgIpc) is 3.23. The standard InChI is InChI=1S/C22H20Cl3N3O/c1-2-3-4-11-28-21(16-10-9-15(24)12-17(16)25)18-19(26-27-20(18)22(28)29)13-5-7-14(23)8-6-13/h5-10,12,21H,2-4,11H2,1H3,(H,26,27). The number of hydrogen-bond donors (Lipinski definition) is 1. The number of halogens is 3. The molecule has 150 valence electrons. The number of aromatic amines is 1. The summed E-state index contributed by atoms with van der Waals surface area (Å²) in [7, 11) is 0. The van der Waals surface area contributed by atoms with Gasteiger partial charge in [-0.2, -0.15) is 5.10 Å². The van der Waals surface area contributed by atoms with Crippen molar-refractivity contribution in [3.8, 4) is 11.3 Å². The molecule has 4 rings (SSSR count). The zero-order chi connectivity index (χ0) is 20.5. The molecule has 1 N–H and O–H groups in total. The van der Waals surface area contributed by atoms with Crippen molar-refractivity contribution in [3.63, 3.8) is 0 Å². The van der Waals surface area contributed by atoms with Crippen LogP contribution in [0.25, 0.3) is 11.3 Å². The fourth-order valence-corrected chi connectivity index (χ4v) is 4.47. The Morgan fingerprint density at radius 2 is 1.76 bits per heavy atom. The fourth-order valence-electron chi connectivity index (χ4n) is 3.83. The van der Waals surface area contributed by atoms with Crippen molar-refractivity contribution in [2.75, 3.05) is 6.54 Å². The van der Waals surface area contributed by atoms with Gasteiger partial charge in [0.1, 0.15) is 5.69 Å². The number of aromatic nitrogens is 2. The summed E-state index contributed by atoms with van der Waals surface area (Å²) in [5.41, 5.74) is 3.83. The van der Waals surface area contributed by atoms with Gasteiger partial charge in [0.2, 0.25) is 0 Å². The van der Waals surface area contributed by atoms with Crippen LogP contribution in [0.3, 0.4) is 0 Å². The van der Waals surface area contributed by atoms with Crippen LogP contribution in [0.1, 0.15) is 53.8 Å². The maximum atomic E-state index is 13.2. The van der Waals surface area contributed by atoms with Gasteiger partial charge in [-0.1, -0.05) is 72.8 Å². The predicted octanol–water partition coefficient (Wildman–Crippen LogP) is 6.77. The highest BCUT2D eigenvalue weighted by atomic mass is 35.5. The van der Waals surface area contributed by atoms with E-state index in [9.17, 15) is 4.79 Å². The number of H-pyrrole nitrogens is 1. The van der Waals surface area contributed by atoms with Gasteiger partial charge >= 0.3 is 0 Å². The number of carbonyl (C=O) groups is 1. The molecule has 29 heavy (non-hydrogen) atoms. The van der Waals surface area contributed by atoms with E-state index < -0.39 is 0 Å².